The molecule has 2 nitrogen and oxygen atoms in total. The SMILES string of the molecule is CC(N)Cc1cccc(C2CCOC2)c1. The van der Waals surface area contributed by atoms with Gasteiger partial charge in [-0.3, -0.25) is 0 Å². The minimum Gasteiger partial charge on any atom is -0.381 e. The maximum atomic E-state index is 5.80. The molecule has 0 aliphatic carbocycles. The van der Waals surface area contributed by atoms with Crippen LogP contribution in [0.2, 0.25) is 0 Å². The van der Waals surface area contributed by atoms with Gasteiger partial charge in [0.25, 0.3) is 0 Å². The van der Waals surface area contributed by atoms with E-state index in [2.05, 4.69) is 24.3 Å². The second-order valence-electron chi connectivity index (χ2n) is 4.49. The van der Waals surface area contributed by atoms with E-state index in [0.29, 0.717) is 5.92 Å². The highest BCUT2D eigenvalue weighted by Crippen LogP contribution is 2.25. The molecule has 1 heterocycles. The zero-order chi connectivity index (χ0) is 10.7. The van der Waals surface area contributed by atoms with E-state index in [1.54, 1.807) is 0 Å². The van der Waals surface area contributed by atoms with E-state index in [0.717, 1.165) is 26.1 Å². The second-order valence-corrected chi connectivity index (χ2v) is 4.49. The van der Waals surface area contributed by atoms with Crippen molar-refractivity contribution < 1.29 is 4.74 Å². The van der Waals surface area contributed by atoms with Crippen LogP contribution in [0, 0.1) is 0 Å². The van der Waals surface area contributed by atoms with E-state index in [4.69, 9.17) is 10.5 Å². The van der Waals surface area contributed by atoms with Crippen molar-refractivity contribution in [1.82, 2.24) is 0 Å². The molecule has 2 heteroatoms. The third-order valence-electron chi connectivity index (χ3n) is 2.91. The second kappa shape index (κ2) is 4.77. The van der Waals surface area contributed by atoms with Gasteiger partial charge < -0.3 is 10.5 Å². The van der Waals surface area contributed by atoms with Gasteiger partial charge in [0.05, 0.1) is 6.61 Å². The van der Waals surface area contributed by atoms with Crippen LogP contribution in [0.3, 0.4) is 0 Å². The van der Waals surface area contributed by atoms with Gasteiger partial charge in [-0.25, -0.2) is 0 Å². The summed E-state index contributed by atoms with van der Waals surface area (Å²) in [5.41, 5.74) is 8.55. The van der Waals surface area contributed by atoms with E-state index in [1.165, 1.54) is 11.1 Å². The van der Waals surface area contributed by atoms with Crippen molar-refractivity contribution >= 4 is 0 Å². The van der Waals surface area contributed by atoms with E-state index >= 15 is 0 Å². The Bertz CT molecular complexity index is 316. The summed E-state index contributed by atoms with van der Waals surface area (Å²) >= 11 is 0. The van der Waals surface area contributed by atoms with Gasteiger partial charge in [0.15, 0.2) is 0 Å². The highest BCUT2D eigenvalue weighted by molar-refractivity contribution is 5.27. The van der Waals surface area contributed by atoms with Gasteiger partial charge in [0.1, 0.15) is 0 Å². The van der Waals surface area contributed by atoms with Crippen LogP contribution < -0.4 is 5.73 Å². The van der Waals surface area contributed by atoms with Crippen molar-refractivity contribution in [2.75, 3.05) is 13.2 Å². The van der Waals surface area contributed by atoms with Crippen molar-refractivity contribution in [2.45, 2.75) is 31.7 Å². The van der Waals surface area contributed by atoms with Crippen LogP contribution in [-0.2, 0) is 11.2 Å². The third-order valence-corrected chi connectivity index (χ3v) is 2.91. The summed E-state index contributed by atoms with van der Waals surface area (Å²) in [7, 11) is 0. The molecule has 1 fully saturated rings. The summed E-state index contributed by atoms with van der Waals surface area (Å²) in [6.07, 6.45) is 2.11. The summed E-state index contributed by atoms with van der Waals surface area (Å²) in [5.74, 6) is 0.595. The van der Waals surface area contributed by atoms with E-state index < -0.39 is 0 Å². The van der Waals surface area contributed by atoms with Gasteiger partial charge in [-0.05, 0) is 30.9 Å². The molecule has 2 unspecified atom stereocenters. The number of hydrogen-bond acceptors (Lipinski definition) is 2. The Morgan fingerprint density at radius 1 is 1.53 bits per heavy atom. The van der Waals surface area contributed by atoms with Gasteiger partial charge in [-0.1, -0.05) is 24.3 Å². The number of nitrogens with two attached hydrogens (primary N) is 1. The predicted molar refractivity (Wildman–Crippen MR) is 62.0 cm³/mol. The van der Waals surface area contributed by atoms with Crippen LogP contribution >= 0.6 is 0 Å². The fourth-order valence-electron chi connectivity index (χ4n) is 2.14. The van der Waals surface area contributed by atoms with Gasteiger partial charge in [0, 0.05) is 18.6 Å². The predicted octanol–water partition coefficient (Wildman–Crippen LogP) is 2.08. The molecule has 1 aromatic carbocycles. The summed E-state index contributed by atoms with van der Waals surface area (Å²) in [6, 6.07) is 9.00. The Morgan fingerprint density at radius 2 is 2.40 bits per heavy atom. The number of ether oxygens (including phenoxy) is 1. The third kappa shape index (κ3) is 2.80. The molecule has 0 spiro atoms. The Hall–Kier alpha value is -0.860. The minimum absolute atomic E-state index is 0.236. The van der Waals surface area contributed by atoms with Crippen LogP contribution in [0.25, 0.3) is 0 Å². The maximum Gasteiger partial charge on any atom is 0.0535 e. The molecule has 1 aliphatic heterocycles. The molecule has 15 heavy (non-hydrogen) atoms. The van der Waals surface area contributed by atoms with Crippen LogP contribution in [-0.4, -0.2) is 19.3 Å². The molecule has 2 atom stereocenters. The van der Waals surface area contributed by atoms with E-state index in [1.807, 2.05) is 6.92 Å². The maximum absolute atomic E-state index is 5.80. The van der Waals surface area contributed by atoms with E-state index in [-0.39, 0.29) is 6.04 Å². The summed E-state index contributed by atoms with van der Waals surface area (Å²) < 4.78 is 5.41. The zero-order valence-electron chi connectivity index (χ0n) is 9.28. The molecular formula is C13H19NO. The van der Waals surface area contributed by atoms with Crippen molar-refractivity contribution in [3.05, 3.63) is 35.4 Å². The Labute approximate surface area is 91.4 Å². The smallest absolute Gasteiger partial charge is 0.0535 e. The molecule has 2 N–H and O–H groups in total. The zero-order valence-corrected chi connectivity index (χ0v) is 9.28. The molecule has 0 radical (unpaired) electrons. The number of benzene rings is 1. The van der Waals surface area contributed by atoms with Crippen molar-refractivity contribution in [2.24, 2.45) is 5.73 Å². The standard InChI is InChI=1S/C13H19NO/c1-10(14)7-11-3-2-4-12(8-11)13-5-6-15-9-13/h2-4,8,10,13H,5-7,9,14H2,1H3. The average molecular weight is 205 g/mol. The molecule has 1 aromatic rings. The lowest BCUT2D eigenvalue weighted by molar-refractivity contribution is 0.194. The van der Waals surface area contributed by atoms with Gasteiger partial charge in [0.2, 0.25) is 0 Å². The Kier molecular flexibility index (Phi) is 3.39. The normalized spacial score (nSPS) is 22.9. The number of rotatable bonds is 3. The van der Waals surface area contributed by atoms with Gasteiger partial charge in [-0.2, -0.15) is 0 Å². The Morgan fingerprint density at radius 3 is 3.07 bits per heavy atom. The molecular weight excluding hydrogens is 186 g/mol. The first-order valence-electron chi connectivity index (χ1n) is 5.68. The quantitative estimate of drug-likeness (QED) is 0.820. The summed E-state index contributed by atoms with van der Waals surface area (Å²) in [6.45, 7) is 3.83. The first-order valence-corrected chi connectivity index (χ1v) is 5.68. The van der Waals surface area contributed by atoms with Gasteiger partial charge >= 0.3 is 0 Å². The lowest BCUT2D eigenvalue weighted by atomic mass is 9.95. The summed E-state index contributed by atoms with van der Waals surface area (Å²) in [4.78, 5) is 0. The molecule has 1 aliphatic rings. The van der Waals surface area contributed by atoms with Gasteiger partial charge in [-0.15, -0.1) is 0 Å². The Balaban J connectivity index is 2.11. The van der Waals surface area contributed by atoms with Crippen LogP contribution in [0.1, 0.15) is 30.4 Å². The first-order chi connectivity index (χ1) is 7.25. The fourth-order valence-corrected chi connectivity index (χ4v) is 2.14. The monoisotopic (exact) mass is 205 g/mol. The molecule has 0 saturated carbocycles. The molecule has 82 valence electrons. The fraction of sp³-hybridized carbons (Fsp3) is 0.538. The van der Waals surface area contributed by atoms with Crippen LogP contribution in [0.5, 0.6) is 0 Å². The van der Waals surface area contributed by atoms with Crippen LogP contribution in [0.4, 0.5) is 0 Å². The topological polar surface area (TPSA) is 35.2 Å². The summed E-state index contributed by atoms with van der Waals surface area (Å²) in [5, 5.41) is 0. The molecule has 0 aromatic heterocycles. The molecule has 2 rings (SSSR count). The van der Waals surface area contributed by atoms with Crippen molar-refractivity contribution in [3.8, 4) is 0 Å². The molecule has 0 bridgehead atoms. The highest BCUT2D eigenvalue weighted by atomic mass is 16.5. The lowest BCUT2D eigenvalue weighted by Crippen LogP contribution is -2.17. The molecule has 0 amide bonds. The minimum atomic E-state index is 0.236. The first kappa shape index (κ1) is 10.7. The largest absolute Gasteiger partial charge is 0.381 e. The van der Waals surface area contributed by atoms with E-state index in [9.17, 15) is 0 Å². The number of hydrogen-bond donors (Lipinski definition) is 1. The van der Waals surface area contributed by atoms with Crippen LogP contribution in [0.15, 0.2) is 24.3 Å². The average Bonchev–Trinajstić information content (AvgIpc) is 2.69. The highest BCUT2D eigenvalue weighted by Gasteiger charge is 2.17. The lowest BCUT2D eigenvalue weighted by Gasteiger charge is -2.11. The van der Waals surface area contributed by atoms with Crippen molar-refractivity contribution in [3.63, 3.8) is 0 Å². The molecule has 1 saturated heterocycles. The van der Waals surface area contributed by atoms with Crippen molar-refractivity contribution in [1.29, 1.82) is 0 Å².